The van der Waals surface area contributed by atoms with Crippen LogP contribution in [0.3, 0.4) is 0 Å². The molecule has 10 rings (SSSR count). The number of H-pyrrole nitrogens is 4. The number of esters is 5. The fourth-order valence-electron chi connectivity index (χ4n) is 8.20. The van der Waals surface area contributed by atoms with Crippen LogP contribution in [0.2, 0.25) is 0 Å². The number of carbonyl (C=O) groups is 7. The zero-order chi connectivity index (χ0) is 54.0. The number of carboxylic acid groups (broad SMARTS) is 1. The number of para-hydroxylation sites is 4. The van der Waals surface area contributed by atoms with Gasteiger partial charge in [-0.15, -0.1) is 0 Å². The van der Waals surface area contributed by atoms with Crippen LogP contribution in [-0.4, -0.2) is 85.3 Å². The van der Waals surface area contributed by atoms with E-state index in [0.29, 0.717) is 19.4 Å². The molecular weight excluding hydrogens is 949 g/mol. The van der Waals surface area contributed by atoms with Crippen LogP contribution in [0.25, 0.3) is 43.6 Å². The van der Waals surface area contributed by atoms with Crippen LogP contribution in [0.5, 0.6) is 0 Å². The Labute approximate surface area is 428 Å². The van der Waals surface area contributed by atoms with Crippen LogP contribution < -0.4 is 0 Å². The number of aryl methyl sites for hydroxylation is 1. The van der Waals surface area contributed by atoms with Crippen molar-refractivity contribution in [2.45, 2.75) is 104 Å². The van der Waals surface area contributed by atoms with Crippen molar-refractivity contribution in [1.29, 1.82) is 0 Å². The normalized spacial score (nSPS) is 15.2. The van der Waals surface area contributed by atoms with Gasteiger partial charge < -0.3 is 53.5 Å². The number of cyclic esters (lactones) is 4. The van der Waals surface area contributed by atoms with Crippen molar-refractivity contribution in [3.8, 4) is 0 Å². The zero-order valence-electron chi connectivity index (χ0n) is 42.8. The molecule has 390 valence electrons. The van der Waals surface area contributed by atoms with E-state index in [1.165, 1.54) is 42.6 Å². The predicted molar refractivity (Wildman–Crippen MR) is 280 cm³/mol. The minimum atomic E-state index is -1.19. The highest BCUT2D eigenvalue weighted by molar-refractivity contribution is 5.99. The molecule has 0 radical (unpaired) electrons. The fourth-order valence-corrected chi connectivity index (χ4v) is 8.20. The van der Waals surface area contributed by atoms with Gasteiger partial charge in [-0.1, -0.05) is 86.6 Å². The highest BCUT2D eigenvalue weighted by atomic mass is 16.7. The molecule has 0 spiro atoms. The average Bonchev–Trinajstić information content (AvgIpc) is 4.17. The van der Waals surface area contributed by atoms with E-state index in [1.54, 1.807) is 13.8 Å². The minimum absolute atomic E-state index is 0.134. The third-order valence-corrected chi connectivity index (χ3v) is 11.5. The largest absolute Gasteiger partial charge is 0.481 e. The van der Waals surface area contributed by atoms with E-state index in [1.807, 2.05) is 124 Å². The molecule has 2 fully saturated rings. The summed E-state index contributed by atoms with van der Waals surface area (Å²) in [6.45, 7) is 13.7. The number of hydrogen-bond donors (Lipinski definition) is 5. The molecule has 0 aliphatic carbocycles. The number of aliphatic carboxylic acids is 1. The number of carboxylic acids is 1. The molecule has 2 saturated heterocycles. The van der Waals surface area contributed by atoms with Crippen LogP contribution >= 0.6 is 0 Å². The lowest BCUT2D eigenvalue weighted by atomic mass is 9.86. The van der Waals surface area contributed by atoms with Crippen molar-refractivity contribution in [3.05, 3.63) is 145 Å². The number of rotatable bonds is 9. The SMILES string of the molecule is CC(c1c[nH]c2ccccc12)C1C(=O)OC(C)(C)OC1=O.CC1(C)OC(=O)CC(=O)O1.CC=O.CCOC(=O)CC(C)c1c[nH]c2ccccc12.O=C(O)CCc1c[nH]c2ccccc12.c1ccc2[nH]ccc2c1. The van der Waals surface area contributed by atoms with Crippen LogP contribution in [0.15, 0.2) is 128 Å². The molecule has 6 heterocycles. The molecule has 0 bridgehead atoms. The second kappa shape index (κ2) is 26.3. The number of hydrogen-bond acceptors (Lipinski definition) is 12. The van der Waals surface area contributed by atoms with Crippen LogP contribution in [0.1, 0.15) is 103 Å². The lowest BCUT2D eigenvalue weighted by Crippen LogP contribution is -2.47. The van der Waals surface area contributed by atoms with Gasteiger partial charge in [-0.25, -0.2) is 0 Å². The molecule has 2 unspecified atom stereocenters. The molecule has 4 aromatic heterocycles. The summed E-state index contributed by atoms with van der Waals surface area (Å²) in [5, 5.41) is 13.1. The number of aromatic nitrogens is 4. The molecule has 0 saturated carbocycles. The van der Waals surface area contributed by atoms with E-state index in [9.17, 15) is 28.8 Å². The van der Waals surface area contributed by atoms with Gasteiger partial charge in [0.25, 0.3) is 11.6 Å². The molecule has 17 heteroatoms. The van der Waals surface area contributed by atoms with E-state index in [-0.39, 0.29) is 30.6 Å². The van der Waals surface area contributed by atoms with Crippen molar-refractivity contribution in [2.75, 3.05) is 6.61 Å². The highest BCUT2D eigenvalue weighted by Crippen LogP contribution is 2.36. The first-order valence-electron chi connectivity index (χ1n) is 24.1. The summed E-state index contributed by atoms with van der Waals surface area (Å²) in [7, 11) is 0. The third kappa shape index (κ3) is 16.0. The first-order valence-corrected chi connectivity index (χ1v) is 24.1. The molecule has 2 aliphatic rings. The van der Waals surface area contributed by atoms with Crippen molar-refractivity contribution in [3.63, 3.8) is 0 Å². The topological polar surface area (TPSA) is 249 Å². The minimum Gasteiger partial charge on any atom is -0.481 e. The van der Waals surface area contributed by atoms with E-state index in [4.69, 9.17) is 24.1 Å². The van der Waals surface area contributed by atoms with Gasteiger partial charge in [-0.2, -0.15) is 0 Å². The Morgan fingerprint density at radius 3 is 1.65 bits per heavy atom. The van der Waals surface area contributed by atoms with Crippen molar-refractivity contribution in [1.82, 2.24) is 19.9 Å². The summed E-state index contributed by atoms with van der Waals surface area (Å²) < 4.78 is 24.7. The molecule has 2 aliphatic heterocycles. The van der Waals surface area contributed by atoms with E-state index in [0.717, 1.165) is 44.7 Å². The molecule has 74 heavy (non-hydrogen) atoms. The molecular formula is C57H64N4O13. The second-order valence-corrected chi connectivity index (χ2v) is 18.1. The lowest BCUT2D eigenvalue weighted by molar-refractivity contribution is -0.241. The number of benzene rings is 4. The Hall–Kier alpha value is -8.47. The van der Waals surface area contributed by atoms with Gasteiger partial charge in [0.05, 0.1) is 13.0 Å². The summed E-state index contributed by atoms with van der Waals surface area (Å²) in [5.74, 6) is -6.36. The van der Waals surface area contributed by atoms with Gasteiger partial charge in [-0.05, 0) is 78.6 Å². The molecule has 8 aromatic rings. The van der Waals surface area contributed by atoms with E-state index >= 15 is 0 Å². The Morgan fingerprint density at radius 2 is 1.12 bits per heavy atom. The fraction of sp³-hybridized carbons (Fsp3) is 0.316. The number of nitrogens with one attached hydrogen (secondary N) is 4. The lowest BCUT2D eigenvalue weighted by Gasteiger charge is -2.34. The summed E-state index contributed by atoms with van der Waals surface area (Å²) in [4.78, 5) is 88.7. The monoisotopic (exact) mass is 1010 g/mol. The van der Waals surface area contributed by atoms with Gasteiger partial charge in [0.2, 0.25) is 0 Å². The Balaban J connectivity index is 0.000000174. The maximum atomic E-state index is 12.2. The Kier molecular flexibility index (Phi) is 20.1. The van der Waals surface area contributed by atoms with Gasteiger partial charge in [-0.3, -0.25) is 28.8 Å². The number of carbonyl (C=O) groups excluding carboxylic acids is 6. The molecule has 2 atom stereocenters. The first-order chi connectivity index (χ1) is 35.3. The molecule has 17 nitrogen and oxygen atoms in total. The van der Waals surface area contributed by atoms with Crippen LogP contribution in [0.4, 0.5) is 0 Å². The van der Waals surface area contributed by atoms with Crippen molar-refractivity contribution in [2.24, 2.45) is 5.92 Å². The van der Waals surface area contributed by atoms with E-state index < -0.39 is 47.3 Å². The summed E-state index contributed by atoms with van der Waals surface area (Å²) in [5.41, 5.74) is 7.50. The maximum Gasteiger partial charge on any atom is 0.324 e. The second-order valence-electron chi connectivity index (χ2n) is 18.1. The quantitative estimate of drug-likeness (QED) is 0.0391. The smallest absolute Gasteiger partial charge is 0.324 e. The number of fused-ring (bicyclic) bond motifs is 4. The Bertz CT molecular complexity index is 3110. The summed E-state index contributed by atoms with van der Waals surface area (Å²) in [6, 6.07) is 34.1. The van der Waals surface area contributed by atoms with Gasteiger partial charge >= 0.3 is 35.8 Å². The maximum absolute atomic E-state index is 12.2. The number of aromatic amines is 4. The first kappa shape index (κ1) is 56.4. The van der Waals surface area contributed by atoms with Gasteiger partial charge in [0.15, 0.2) is 5.92 Å². The van der Waals surface area contributed by atoms with E-state index in [2.05, 4.69) is 53.7 Å². The average molecular weight is 1010 g/mol. The number of ether oxygens (including phenoxy) is 5. The van der Waals surface area contributed by atoms with Crippen LogP contribution in [0, 0.1) is 5.92 Å². The third-order valence-electron chi connectivity index (χ3n) is 11.5. The predicted octanol–water partition coefficient (Wildman–Crippen LogP) is 10.7. The number of aldehydes is 1. The van der Waals surface area contributed by atoms with Crippen molar-refractivity contribution < 1.29 is 62.4 Å². The van der Waals surface area contributed by atoms with Gasteiger partial charge in [0, 0.05) is 103 Å². The van der Waals surface area contributed by atoms with Gasteiger partial charge in [0.1, 0.15) is 12.7 Å². The molecule has 4 aromatic carbocycles. The summed E-state index contributed by atoms with van der Waals surface area (Å²) >= 11 is 0. The summed E-state index contributed by atoms with van der Waals surface area (Å²) in [6.07, 6.45) is 9.31. The highest BCUT2D eigenvalue weighted by Gasteiger charge is 2.46. The zero-order valence-corrected chi connectivity index (χ0v) is 42.8. The molecule has 0 amide bonds. The Morgan fingerprint density at radius 1 is 0.662 bits per heavy atom. The van der Waals surface area contributed by atoms with Crippen LogP contribution in [-0.2, 0) is 63.7 Å². The standard InChI is InChI=1S/C16H17NO4.C14H17NO2.C11H11NO2.C8H7N.C6H8O4.C2H4O/c1-9(11-8-17-12-7-5-4-6-10(11)12)13-14(18)20-16(2,3)21-15(13)19;1-3-17-14(16)8-10(2)12-9-15-13-7-5-4-6-11(12)13;13-11(14)6-5-8-7-12-10-4-2-1-3-9(8)10;1-2-4-8-7(3-1)5-6-9-8;1-6(2)9-4(7)3-5(8)10-6;1-2-3/h4-9,13,17H,1-3H3;4-7,9-10,15H,3,8H2,1-2H3;1-4,7,12H,5-6H2,(H,13,14);1-6,9H;3H2,1-2H3;2H,1H3. The molecule has 5 N–H and O–H groups in total. The van der Waals surface area contributed by atoms with Crippen molar-refractivity contribution >= 4 is 85.7 Å².